The minimum atomic E-state index is -0.881. The molecule has 1 atom stereocenters. The van der Waals surface area contributed by atoms with E-state index in [1.165, 1.54) is 0 Å². The van der Waals surface area contributed by atoms with Gasteiger partial charge in [0.05, 0.1) is 6.61 Å². The van der Waals surface area contributed by atoms with Crippen molar-refractivity contribution in [2.24, 2.45) is 0 Å². The van der Waals surface area contributed by atoms with E-state index >= 15 is 0 Å². The first kappa shape index (κ1) is 21.1. The minimum absolute atomic E-state index is 0.0483. The molecule has 0 unspecified atom stereocenters. The first-order valence-corrected chi connectivity index (χ1v) is 7.98. The molecule has 1 amide bonds. The zero-order valence-electron chi connectivity index (χ0n) is 14.6. The van der Waals surface area contributed by atoms with Crippen molar-refractivity contribution in [2.75, 3.05) is 6.61 Å². The van der Waals surface area contributed by atoms with Gasteiger partial charge in [-0.1, -0.05) is 6.08 Å². The van der Waals surface area contributed by atoms with Crippen molar-refractivity contribution in [1.82, 2.24) is 5.32 Å². The number of esters is 1. The molecule has 0 aromatic carbocycles. The lowest BCUT2D eigenvalue weighted by atomic mass is 10.0. The maximum Gasteiger partial charge on any atom is 0.408 e. The molecule has 0 aliphatic rings. The molecular formula is C17H29NO5. The zero-order chi connectivity index (χ0) is 17.9. The number of alkyl carbamates (subject to hydrolysis) is 1. The lowest BCUT2D eigenvalue weighted by Gasteiger charge is -2.22. The van der Waals surface area contributed by atoms with Gasteiger partial charge >= 0.3 is 12.1 Å². The summed E-state index contributed by atoms with van der Waals surface area (Å²) in [7, 11) is 0. The SMILES string of the molecule is C=CCCCC(=O)CC[C@@H](NC(=O)OC(C)(C)C)C(=O)OCC. The van der Waals surface area contributed by atoms with Crippen LogP contribution in [0.2, 0.25) is 0 Å². The van der Waals surface area contributed by atoms with Crippen LogP contribution < -0.4 is 5.32 Å². The largest absolute Gasteiger partial charge is 0.464 e. The van der Waals surface area contributed by atoms with Crippen molar-refractivity contribution in [3.8, 4) is 0 Å². The number of amides is 1. The third-order valence-electron chi connectivity index (χ3n) is 2.84. The first-order valence-electron chi connectivity index (χ1n) is 7.98. The molecule has 0 heterocycles. The summed E-state index contributed by atoms with van der Waals surface area (Å²) < 4.78 is 10.1. The Hall–Kier alpha value is -1.85. The Morgan fingerprint density at radius 1 is 1.22 bits per heavy atom. The van der Waals surface area contributed by atoms with Crippen LogP contribution in [0.3, 0.4) is 0 Å². The molecule has 0 saturated heterocycles. The highest BCUT2D eigenvalue weighted by Gasteiger charge is 2.25. The summed E-state index contributed by atoms with van der Waals surface area (Å²) in [6, 6.07) is -0.881. The van der Waals surface area contributed by atoms with Gasteiger partial charge < -0.3 is 14.8 Å². The van der Waals surface area contributed by atoms with Gasteiger partial charge in [-0.2, -0.15) is 0 Å². The minimum Gasteiger partial charge on any atom is -0.464 e. The summed E-state index contributed by atoms with van der Waals surface area (Å²) in [6.07, 6.45) is 3.43. The molecule has 0 radical (unpaired) electrons. The molecule has 23 heavy (non-hydrogen) atoms. The van der Waals surface area contributed by atoms with Crippen LogP contribution in [-0.2, 0) is 19.1 Å². The van der Waals surface area contributed by atoms with E-state index < -0.39 is 23.7 Å². The van der Waals surface area contributed by atoms with Crippen molar-refractivity contribution in [1.29, 1.82) is 0 Å². The van der Waals surface area contributed by atoms with E-state index in [-0.39, 0.29) is 25.2 Å². The Bertz CT molecular complexity index is 412. The predicted octanol–water partition coefficient (Wildman–Crippen LogP) is 3.15. The number of rotatable bonds is 10. The number of allylic oxidation sites excluding steroid dienone is 1. The Balaban J connectivity index is 4.51. The van der Waals surface area contributed by atoms with Crippen LogP contribution in [0, 0.1) is 0 Å². The van der Waals surface area contributed by atoms with Crippen LogP contribution in [0.15, 0.2) is 12.7 Å². The molecule has 0 rings (SSSR count). The topological polar surface area (TPSA) is 81.7 Å². The summed E-state index contributed by atoms with van der Waals surface area (Å²) in [5.41, 5.74) is -0.663. The number of hydrogen-bond acceptors (Lipinski definition) is 5. The third-order valence-corrected chi connectivity index (χ3v) is 2.84. The van der Waals surface area contributed by atoms with Gasteiger partial charge in [-0.05, 0) is 47.0 Å². The van der Waals surface area contributed by atoms with Crippen LogP contribution >= 0.6 is 0 Å². The zero-order valence-corrected chi connectivity index (χ0v) is 14.6. The summed E-state index contributed by atoms with van der Waals surface area (Å²) in [5, 5.41) is 2.48. The van der Waals surface area contributed by atoms with E-state index in [0.717, 1.165) is 12.8 Å². The van der Waals surface area contributed by atoms with Gasteiger partial charge in [0.25, 0.3) is 0 Å². The van der Waals surface area contributed by atoms with Gasteiger partial charge in [-0.25, -0.2) is 9.59 Å². The molecule has 0 aromatic heterocycles. The molecule has 0 saturated carbocycles. The van der Waals surface area contributed by atoms with Gasteiger partial charge in [0.1, 0.15) is 17.4 Å². The first-order chi connectivity index (χ1) is 10.7. The Labute approximate surface area is 138 Å². The van der Waals surface area contributed by atoms with E-state index in [1.807, 2.05) is 0 Å². The number of ether oxygens (including phenoxy) is 2. The second-order valence-electron chi connectivity index (χ2n) is 6.21. The average molecular weight is 327 g/mol. The van der Waals surface area contributed by atoms with Crippen LogP contribution in [0.25, 0.3) is 0 Å². The standard InChI is InChI=1S/C17H29NO5/c1-6-8-9-10-13(19)11-12-14(15(20)22-7-2)18-16(21)23-17(3,4)5/h6,14H,1,7-12H2,2-5H3,(H,18,21)/t14-/m1/s1. The van der Waals surface area contributed by atoms with E-state index in [4.69, 9.17) is 9.47 Å². The second-order valence-corrected chi connectivity index (χ2v) is 6.21. The summed E-state index contributed by atoms with van der Waals surface area (Å²) in [4.78, 5) is 35.5. The lowest BCUT2D eigenvalue weighted by molar-refractivity contribution is -0.145. The van der Waals surface area contributed by atoms with Gasteiger partial charge in [-0.15, -0.1) is 6.58 Å². The van der Waals surface area contributed by atoms with E-state index in [2.05, 4.69) is 11.9 Å². The maximum absolute atomic E-state index is 11.9. The van der Waals surface area contributed by atoms with E-state index in [9.17, 15) is 14.4 Å². The normalized spacial score (nSPS) is 12.2. The van der Waals surface area contributed by atoms with E-state index in [1.54, 1.807) is 33.8 Å². The summed E-state index contributed by atoms with van der Waals surface area (Å²) in [5.74, 6) is -0.510. The Morgan fingerprint density at radius 3 is 2.39 bits per heavy atom. The van der Waals surface area contributed by atoms with Crippen molar-refractivity contribution >= 4 is 17.8 Å². The summed E-state index contributed by atoms with van der Waals surface area (Å²) in [6.45, 7) is 10.7. The highest BCUT2D eigenvalue weighted by Crippen LogP contribution is 2.10. The van der Waals surface area contributed by atoms with Crippen LogP contribution in [0.4, 0.5) is 4.79 Å². The van der Waals surface area contributed by atoms with Crippen LogP contribution in [-0.4, -0.2) is 36.1 Å². The molecule has 0 aromatic rings. The maximum atomic E-state index is 11.9. The second kappa shape index (κ2) is 10.8. The predicted molar refractivity (Wildman–Crippen MR) is 88.1 cm³/mol. The fraction of sp³-hybridized carbons (Fsp3) is 0.706. The highest BCUT2D eigenvalue weighted by molar-refractivity contribution is 5.83. The molecule has 6 nitrogen and oxygen atoms in total. The number of ketones is 1. The lowest BCUT2D eigenvalue weighted by Crippen LogP contribution is -2.44. The number of Topliss-reactive ketones (excluding diaryl/α,β-unsaturated/α-hetero) is 1. The molecule has 0 aliphatic heterocycles. The van der Waals surface area contributed by atoms with Crippen molar-refractivity contribution < 1.29 is 23.9 Å². The fourth-order valence-electron chi connectivity index (χ4n) is 1.82. The molecule has 0 aliphatic carbocycles. The van der Waals surface area contributed by atoms with Gasteiger partial charge in [-0.3, -0.25) is 4.79 Å². The summed E-state index contributed by atoms with van der Waals surface area (Å²) >= 11 is 0. The Morgan fingerprint density at radius 2 is 1.87 bits per heavy atom. The quantitative estimate of drug-likeness (QED) is 0.379. The van der Waals surface area contributed by atoms with Crippen molar-refractivity contribution in [2.45, 2.75) is 71.4 Å². The number of carbonyl (C=O) groups is 3. The molecule has 0 bridgehead atoms. The number of unbranched alkanes of at least 4 members (excludes halogenated alkanes) is 1. The fourth-order valence-corrected chi connectivity index (χ4v) is 1.82. The van der Waals surface area contributed by atoms with Crippen molar-refractivity contribution in [3.63, 3.8) is 0 Å². The molecule has 0 spiro atoms. The molecule has 6 heteroatoms. The number of hydrogen-bond donors (Lipinski definition) is 1. The number of carbonyl (C=O) groups excluding carboxylic acids is 3. The highest BCUT2D eigenvalue weighted by atomic mass is 16.6. The van der Waals surface area contributed by atoms with Crippen molar-refractivity contribution in [3.05, 3.63) is 12.7 Å². The Kier molecular flexibility index (Phi) is 9.94. The number of nitrogens with one attached hydrogen (secondary N) is 1. The van der Waals surface area contributed by atoms with Gasteiger partial charge in [0, 0.05) is 12.8 Å². The third kappa shape index (κ3) is 11.4. The smallest absolute Gasteiger partial charge is 0.408 e. The van der Waals surface area contributed by atoms with Gasteiger partial charge in [0.2, 0.25) is 0 Å². The molecular weight excluding hydrogens is 298 g/mol. The van der Waals surface area contributed by atoms with Gasteiger partial charge in [0.15, 0.2) is 0 Å². The molecule has 0 fully saturated rings. The van der Waals surface area contributed by atoms with E-state index in [0.29, 0.717) is 6.42 Å². The molecule has 1 N–H and O–H groups in total. The van der Waals surface area contributed by atoms with Crippen LogP contribution in [0.5, 0.6) is 0 Å². The monoisotopic (exact) mass is 327 g/mol. The van der Waals surface area contributed by atoms with Crippen LogP contribution in [0.1, 0.15) is 59.8 Å². The molecule has 132 valence electrons. The average Bonchev–Trinajstić information content (AvgIpc) is 2.42.